The molecule has 96 heavy (non-hydrogen) atoms. The first kappa shape index (κ1) is 91.1. The Kier molecular flexibility index (Phi) is 70.5. The maximum atomic E-state index is 12.9. The molecule has 0 aliphatic heterocycles. The lowest BCUT2D eigenvalue weighted by Crippen LogP contribution is -2.37. The van der Waals surface area contributed by atoms with Gasteiger partial charge in [-0.3, -0.25) is 14.2 Å². The summed E-state index contributed by atoms with van der Waals surface area (Å²) in [5.74, 6) is -0.859. The zero-order valence-electron chi connectivity index (χ0n) is 62.0. The predicted molar refractivity (Wildman–Crippen MR) is 415 cm³/mol. The van der Waals surface area contributed by atoms with E-state index in [4.69, 9.17) is 18.5 Å². The summed E-state index contributed by atoms with van der Waals surface area (Å²) < 4.78 is 34.3. The van der Waals surface area contributed by atoms with E-state index in [2.05, 4.69) is 196 Å². The van der Waals surface area contributed by atoms with Gasteiger partial charge in [0.1, 0.15) is 19.8 Å². The molecule has 2 unspecified atom stereocenters. The Morgan fingerprint density at radius 2 is 0.562 bits per heavy atom. The zero-order chi connectivity index (χ0) is 69.7. The normalized spacial score (nSPS) is 14.1. The third-order valence-corrected chi connectivity index (χ3v) is 16.9. The van der Waals surface area contributed by atoms with Crippen molar-refractivity contribution in [1.82, 2.24) is 0 Å². The minimum Gasteiger partial charge on any atom is -0.756 e. The molecule has 544 valence electrons. The maximum Gasteiger partial charge on any atom is 0.306 e. The van der Waals surface area contributed by atoms with Gasteiger partial charge in [0.2, 0.25) is 0 Å². The molecular weight excluding hydrogens is 1210 g/mol. The molecule has 0 aromatic rings. The third-order valence-electron chi connectivity index (χ3n) is 15.9. The first-order valence-corrected chi connectivity index (χ1v) is 40.0. The molecule has 0 heterocycles. The molecule has 0 fully saturated rings. The average molecular weight is 1350 g/mol. The summed E-state index contributed by atoms with van der Waals surface area (Å²) in [4.78, 5) is 38.2. The van der Waals surface area contributed by atoms with Gasteiger partial charge in [0.25, 0.3) is 7.82 Å². The topological polar surface area (TPSA) is 111 Å². The van der Waals surface area contributed by atoms with Crippen LogP contribution in [0.3, 0.4) is 0 Å². The maximum absolute atomic E-state index is 12.9. The fraction of sp³-hybridized carbons (Fsp3) is 0.628. The third kappa shape index (κ3) is 78.1. The highest BCUT2D eigenvalue weighted by Gasteiger charge is 2.22. The van der Waals surface area contributed by atoms with Gasteiger partial charge in [-0.25, -0.2) is 0 Å². The Morgan fingerprint density at radius 1 is 0.323 bits per heavy atom. The van der Waals surface area contributed by atoms with Crippen molar-refractivity contribution >= 4 is 19.8 Å². The van der Waals surface area contributed by atoms with Crippen molar-refractivity contribution in [3.63, 3.8) is 0 Å². The van der Waals surface area contributed by atoms with Crippen molar-refractivity contribution in [1.29, 1.82) is 0 Å². The Morgan fingerprint density at radius 3 is 0.833 bits per heavy atom. The quantitative estimate of drug-likeness (QED) is 0.0195. The van der Waals surface area contributed by atoms with Crippen LogP contribution in [0.5, 0.6) is 0 Å². The van der Waals surface area contributed by atoms with Crippen LogP contribution in [0.1, 0.15) is 296 Å². The average Bonchev–Trinajstić information content (AvgIpc) is 1.48. The van der Waals surface area contributed by atoms with Crippen molar-refractivity contribution in [3.05, 3.63) is 182 Å². The first-order chi connectivity index (χ1) is 47.0. The highest BCUT2D eigenvalue weighted by molar-refractivity contribution is 7.45. The summed E-state index contributed by atoms with van der Waals surface area (Å²) in [6.07, 6.45) is 114. The molecule has 0 N–H and O–H groups in total. The second-order valence-electron chi connectivity index (χ2n) is 26.3. The van der Waals surface area contributed by atoms with Gasteiger partial charge in [-0.1, -0.05) is 331 Å². The van der Waals surface area contributed by atoms with Gasteiger partial charge in [0.05, 0.1) is 27.7 Å². The molecule has 0 amide bonds. The van der Waals surface area contributed by atoms with Crippen LogP contribution in [0.15, 0.2) is 182 Å². The van der Waals surface area contributed by atoms with E-state index >= 15 is 0 Å². The highest BCUT2D eigenvalue weighted by Crippen LogP contribution is 2.38. The lowest BCUT2D eigenvalue weighted by atomic mass is 10.0. The summed E-state index contributed by atoms with van der Waals surface area (Å²) >= 11 is 0. The van der Waals surface area contributed by atoms with Crippen LogP contribution >= 0.6 is 7.82 Å². The number of carbonyl (C=O) groups excluding carboxylic acids is 2. The molecule has 0 saturated heterocycles. The summed E-state index contributed by atoms with van der Waals surface area (Å²) in [5, 5.41) is 0. The van der Waals surface area contributed by atoms with E-state index in [0.29, 0.717) is 17.4 Å². The number of phosphoric acid groups is 1. The van der Waals surface area contributed by atoms with Crippen LogP contribution in [-0.2, 0) is 32.7 Å². The van der Waals surface area contributed by atoms with Crippen LogP contribution in [0.25, 0.3) is 0 Å². The van der Waals surface area contributed by atoms with Crippen LogP contribution in [0.4, 0.5) is 0 Å². The molecule has 0 aliphatic rings. The van der Waals surface area contributed by atoms with E-state index in [1.807, 2.05) is 21.1 Å². The summed E-state index contributed by atoms with van der Waals surface area (Å²) in [6.45, 7) is 3.99. The number of allylic oxidation sites excluding steroid dienone is 30. The second kappa shape index (κ2) is 74.3. The van der Waals surface area contributed by atoms with E-state index < -0.39 is 32.5 Å². The molecule has 0 aromatic carbocycles. The molecule has 0 rings (SSSR count). The fourth-order valence-corrected chi connectivity index (χ4v) is 10.9. The molecule has 9 nitrogen and oxygen atoms in total. The number of phosphoric ester groups is 1. The standard InChI is InChI=1S/C86H142NO8P/c1-6-8-10-12-14-16-18-20-22-24-26-28-30-32-34-36-38-40-41-42-43-44-45-47-48-50-52-54-56-58-60-62-64-66-68-70-72-74-76-78-85(88)92-82-84(83-94-96(90,91)93-81-80-87(3,4)5)95-86(89)79-77-75-73-71-69-67-65-63-61-59-57-55-53-51-49-46-39-37-35-33-31-29-27-25-23-21-19-17-15-13-11-9-7-2/h8-11,14-17,20-23,26-29,32-35,38-40,46,51,53,57,59,63,65,84H,6-7,12-13,18-19,24-25,30-31,36-37,41-45,47-50,52,54-56,58,60-62,64,66-83H2,1-5H3/b10-8-,11-9-,16-14-,17-15-,22-20-,23-21-,28-26-,29-27-,34-32-,35-33-,40-38-,46-39-,53-51-,59-57-,65-63-. The van der Waals surface area contributed by atoms with E-state index in [1.165, 1.54) is 116 Å². The van der Waals surface area contributed by atoms with E-state index in [1.54, 1.807) is 0 Å². The van der Waals surface area contributed by atoms with Crippen LogP contribution in [-0.4, -0.2) is 70.0 Å². The molecule has 0 aliphatic carbocycles. The predicted octanol–water partition coefficient (Wildman–Crippen LogP) is 25.2. The largest absolute Gasteiger partial charge is 0.756 e. The number of esters is 2. The number of nitrogens with zero attached hydrogens (tertiary/aromatic N) is 1. The number of hydrogen-bond donors (Lipinski definition) is 0. The molecule has 0 spiro atoms. The summed E-state index contributed by atoms with van der Waals surface area (Å²) in [5.41, 5.74) is 0. The molecule has 0 radical (unpaired) electrons. The monoisotopic (exact) mass is 1350 g/mol. The Hall–Kier alpha value is -4.89. The van der Waals surface area contributed by atoms with E-state index in [-0.39, 0.29) is 26.1 Å². The van der Waals surface area contributed by atoms with Crippen molar-refractivity contribution in [3.8, 4) is 0 Å². The van der Waals surface area contributed by atoms with Crippen molar-refractivity contribution in [2.75, 3.05) is 47.5 Å². The van der Waals surface area contributed by atoms with Gasteiger partial charge >= 0.3 is 11.9 Å². The zero-order valence-corrected chi connectivity index (χ0v) is 62.9. The van der Waals surface area contributed by atoms with E-state index in [0.717, 1.165) is 148 Å². The number of unbranched alkanes of at least 4 members (excludes halogenated alkanes) is 25. The van der Waals surface area contributed by atoms with Gasteiger partial charge in [-0.05, 0) is 135 Å². The number of likely N-dealkylation sites (N-methyl/N-ethyl adjacent to an activating group) is 1. The van der Waals surface area contributed by atoms with Gasteiger partial charge in [-0.2, -0.15) is 0 Å². The number of hydrogen-bond acceptors (Lipinski definition) is 8. The molecule has 0 saturated carbocycles. The SMILES string of the molecule is CC/C=C\C/C=C\C/C=C\C/C=C\C/C=C\C/C=C\C/C=C\C/C=C\C/C=C\CCCCCCCC(=O)OC(COC(=O)CCCCCCCCCCCCCCCCCCCCCC/C=C\C/C=C\C/C=C\C/C=C\C/C=C\C/C=C\CC)COP(=O)([O-])OCC[N+](C)(C)C. The van der Waals surface area contributed by atoms with Crippen molar-refractivity contribution in [2.24, 2.45) is 0 Å². The molecule has 2 atom stereocenters. The Bertz CT molecular complexity index is 2280. The lowest BCUT2D eigenvalue weighted by molar-refractivity contribution is -0.870. The molecule has 0 bridgehead atoms. The molecular formula is C86H142NO8P. The number of ether oxygens (including phenoxy) is 2. The fourth-order valence-electron chi connectivity index (χ4n) is 10.1. The summed E-state index contributed by atoms with van der Waals surface area (Å²) in [7, 11) is 1.14. The minimum absolute atomic E-state index is 0.0427. The lowest BCUT2D eigenvalue weighted by Gasteiger charge is -2.28. The molecule has 0 aromatic heterocycles. The molecule has 10 heteroatoms. The van der Waals surface area contributed by atoms with Gasteiger partial charge < -0.3 is 27.9 Å². The summed E-state index contributed by atoms with van der Waals surface area (Å²) in [6, 6.07) is 0. The van der Waals surface area contributed by atoms with Crippen LogP contribution in [0.2, 0.25) is 0 Å². The number of rotatable bonds is 69. The van der Waals surface area contributed by atoms with Crippen LogP contribution in [0, 0.1) is 0 Å². The minimum atomic E-state index is -4.66. The second-order valence-corrected chi connectivity index (χ2v) is 27.7. The van der Waals surface area contributed by atoms with Crippen molar-refractivity contribution < 1.29 is 42.1 Å². The van der Waals surface area contributed by atoms with Gasteiger partial charge in [0.15, 0.2) is 6.10 Å². The van der Waals surface area contributed by atoms with Crippen LogP contribution < -0.4 is 4.89 Å². The smallest absolute Gasteiger partial charge is 0.306 e. The van der Waals surface area contributed by atoms with Gasteiger partial charge in [0, 0.05) is 12.8 Å². The highest BCUT2D eigenvalue weighted by atomic mass is 31.2. The van der Waals surface area contributed by atoms with Gasteiger partial charge in [-0.15, -0.1) is 0 Å². The number of carbonyl (C=O) groups is 2. The first-order valence-electron chi connectivity index (χ1n) is 38.5. The number of quaternary nitrogens is 1. The Balaban J connectivity index is 4.06. The Labute approximate surface area is 591 Å². The van der Waals surface area contributed by atoms with Crippen molar-refractivity contribution in [2.45, 2.75) is 302 Å². The van der Waals surface area contributed by atoms with E-state index in [9.17, 15) is 19.0 Å².